The number of hydrogen-bond donors (Lipinski definition) is 4. The van der Waals surface area contributed by atoms with Crippen molar-refractivity contribution < 1.29 is 23.7 Å². The molecule has 0 aliphatic heterocycles. The minimum absolute atomic E-state index is 0.0594. The Morgan fingerprint density at radius 3 is 1.75 bits per heavy atom. The number of unbranched alkanes of at least 4 members (excludes halogenated alkanes) is 11. The largest absolute Gasteiger partial charge is 0.395 e. The van der Waals surface area contributed by atoms with Crippen LogP contribution in [0.4, 0.5) is 0 Å². The van der Waals surface area contributed by atoms with Gasteiger partial charge in [-0.15, -0.1) is 0 Å². The number of benzene rings is 1. The van der Waals surface area contributed by atoms with Gasteiger partial charge in [0, 0.05) is 0 Å². The summed E-state index contributed by atoms with van der Waals surface area (Å²) in [7, 11) is -3.90. The summed E-state index contributed by atoms with van der Waals surface area (Å²) in [5.41, 5.74) is 0.931. The molecule has 0 unspecified atom stereocenters. The van der Waals surface area contributed by atoms with Crippen LogP contribution in [0.25, 0.3) is 0 Å². The first-order valence-corrected chi connectivity index (χ1v) is 13.9. The molecule has 1 aromatic carbocycles. The first kappa shape index (κ1) is 29.0. The smallest absolute Gasteiger partial charge is 0.240 e. The lowest BCUT2D eigenvalue weighted by Crippen LogP contribution is -2.50. The van der Waals surface area contributed by atoms with Crippen molar-refractivity contribution in [3.63, 3.8) is 0 Å². The number of sulfonamides is 1. The summed E-state index contributed by atoms with van der Waals surface area (Å²) in [5.74, 6) is 0. The number of hydrogen-bond acceptors (Lipinski definition) is 5. The Balaban J connectivity index is 2.24. The maximum absolute atomic E-state index is 12.5. The number of rotatable bonds is 19. The van der Waals surface area contributed by atoms with Gasteiger partial charge in [0.1, 0.15) is 0 Å². The van der Waals surface area contributed by atoms with Crippen LogP contribution < -0.4 is 4.72 Å². The van der Waals surface area contributed by atoms with Gasteiger partial charge in [-0.3, -0.25) is 0 Å². The van der Waals surface area contributed by atoms with Crippen LogP contribution in [-0.4, -0.2) is 48.6 Å². The molecule has 0 saturated carbocycles. The van der Waals surface area contributed by atoms with Gasteiger partial charge in [-0.05, 0) is 25.5 Å². The predicted molar refractivity (Wildman–Crippen MR) is 130 cm³/mol. The SMILES string of the molecule is CCCCCCCCCCCCCC[C@@H](O)[C@@H](O)[C@H](CO)NS(=O)(=O)c1ccc(C)cc1. The van der Waals surface area contributed by atoms with Gasteiger partial charge in [0.15, 0.2) is 0 Å². The van der Waals surface area contributed by atoms with Crippen molar-refractivity contribution in [3.8, 4) is 0 Å². The van der Waals surface area contributed by atoms with Crippen LogP contribution in [0.15, 0.2) is 29.2 Å². The lowest BCUT2D eigenvalue weighted by atomic mass is 10.00. The molecule has 0 aliphatic carbocycles. The molecule has 7 heteroatoms. The van der Waals surface area contributed by atoms with Crippen LogP contribution in [0.3, 0.4) is 0 Å². The van der Waals surface area contributed by atoms with Gasteiger partial charge in [0.2, 0.25) is 10.0 Å². The number of aryl methyl sites for hydroxylation is 1. The molecule has 0 radical (unpaired) electrons. The molecular formula is C25H45NO5S. The van der Waals surface area contributed by atoms with Crippen LogP contribution in [0, 0.1) is 6.92 Å². The van der Waals surface area contributed by atoms with E-state index in [-0.39, 0.29) is 4.90 Å². The van der Waals surface area contributed by atoms with Crippen molar-refractivity contribution in [1.82, 2.24) is 4.72 Å². The van der Waals surface area contributed by atoms with E-state index < -0.39 is 34.9 Å². The standard InChI is InChI=1S/C25H45NO5S/c1-3-4-5-6-7-8-9-10-11-12-13-14-15-24(28)25(29)23(20-27)26-32(30,31)22-18-16-21(2)17-19-22/h16-19,23-29H,3-15,20H2,1-2H3/t23-,24+,25-/m0/s1. The zero-order chi connectivity index (χ0) is 23.8. The molecule has 3 atom stereocenters. The predicted octanol–water partition coefficient (Wildman–Crippen LogP) is 4.45. The second-order valence-electron chi connectivity index (χ2n) is 8.96. The molecular weight excluding hydrogens is 426 g/mol. The maximum atomic E-state index is 12.5. The van der Waals surface area contributed by atoms with Gasteiger partial charge in [0.05, 0.1) is 29.8 Å². The Labute approximate surface area is 195 Å². The summed E-state index contributed by atoms with van der Waals surface area (Å²) in [6.07, 6.45) is 12.5. The molecule has 0 aromatic heterocycles. The van der Waals surface area contributed by atoms with Gasteiger partial charge < -0.3 is 15.3 Å². The second kappa shape index (κ2) is 16.6. The molecule has 0 aliphatic rings. The van der Waals surface area contributed by atoms with Crippen molar-refractivity contribution in [2.45, 2.75) is 120 Å². The maximum Gasteiger partial charge on any atom is 0.240 e. The Kier molecular flexibility index (Phi) is 15.1. The van der Waals surface area contributed by atoms with Crippen molar-refractivity contribution >= 4 is 10.0 Å². The fourth-order valence-electron chi connectivity index (χ4n) is 3.83. The van der Waals surface area contributed by atoms with E-state index in [2.05, 4.69) is 11.6 Å². The summed E-state index contributed by atoms with van der Waals surface area (Å²) in [6, 6.07) is 5.15. The van der Waals surface area contributed by atoms with Crippen LogP contribution in [0.5, 0.6) is 0 Å². The van der Waals surface area contributed by atoms with Crippen LogP contribution in [0.2, 0.25) is 0 Å². The summed E-state index contributed by atoms with van der Waals surface area (Å²) < 4.78 is 27.3. The third-order valence-electron chi connectivity index (χ3n) is 5.99. The fourth-order valence-corrected chi connectivity index (χ4v) is 5.08. The second-order valence-corrected chi connectivity index (χ2v) is 10.7. The van der Waals surface area contributed by atoms with Crippen molar-refractivity contribution in [2.75, 3.05) is 6.61 Å². The molecule has 186 valence electrons. The summed E-state index contributed by atoms with van der Waals surface area (Å²) >= 11 is 0. The van der Waals surface area contributed by atoms with Crippen molar-refractivity contribution in [3.05, 3.63) is 29.8 Å². The molecule has 0 saturated heterocycles. The van der Waals surface area contributed by atoms with Crippen molar-refractivity contribution in [1.29, 1.82) is 0 Å². The highest BCUT2D eigenvalue weighted by Gasteiger charge is 2.29. The molecule has 4 N–H and O–H groups in total. The Morgan fingerprint density at radius 1 is 0.812 bits per heavy atom. The molecule has 0 heterocycles. The molecule has 0 amide bonds. The Hall–Kier alpha value is -0.990. The van der Waals surface area contributed by atoms with Crippen molar-refractivity contribution in [2.24, 2.45) is 0 Å². The van der Waals surface area contributed by atoms with E-state index in [1.807, 2.05) is 6.92 Å². The molecule has 6 nitrogen and oxygen atoms in total. The third kappa shape index (κ3) is 11.8. The number of aliphatic hydroxyl groups excluding tert-OH is 3. The van der Waals surface area contributed by atoms with E-state index >= 15 is 0 Å². The van der Waals surface area contributed by atoms with E-state index in [0.717, 1.165) is 24.8 Å². The molecule has 0 bridgehead atoms. The normalized spacial score (nSPS) is 14.9. The van der Waals surface area contributed by atoms with Gasteiger partial charge in [-0.1, -0.05) is 102 Å². The van der Waals surface area contributed by atoms with Gasteiger partial charge in [0.25, 0.3) is 0 Å². The highest BCUT2D eigenvalue weighted by Crippen LogP contribution is 2.16. The monoisotopic (exact) mass is 471 g/mol. The molecule has 1 rings (SSSR count). The lowest BCUT2D eigenvalue weighted by Gasteiger charge is -2.26. The minimum atomic E-state index is -3.90. The Morgan fingerprint density at radius 2 is 1.28 bits per heavy atom. The van der Waals surface area contributed by atoms with E-state index in [1.54, 1.807) is 12.1 Å². The fraction of sp³-hybridized carbons (Fsp3) is 0.760. The average Bonchev–Trinajstić information content (AvgIpc) is 2.77. The van der Waals surface area contributed by atoms with Crippen LogP contribution in [-0.2, 0) is 10.0 Å². The summed E-state index contributed by atoms with van der Waals surface area (Å²) in [5, 5.41) is 30.2. The van der Waals surface area contributed by atoms with Gasteiger partial charge in [-0.25, -0.2) is 13.1 Å². The zero-order valence-electron chi connectivity index (χ0n) is 20.0. The highest BCUT2D eigenvalue weighted by atomic mass is 32.2. The molecule has 32 heavy (non-hydrogen) atoms. The van der Waals surface area contributed by atoms with Crippen LogP contribution in [0.1, 0.15) is 96.0 Å². The summed E-state index contributed by atoms with van der Waals surface area (Å²) in [6.45, 7) is 3.50. The van der Waals surface area contributed by atoms with E-state index in [0.29, 0.717) is 6.42 Å². The zero-order valence-corrected chi connectivity index (χ0v) is 20.8. The molecule has 0 spiro atoms. The number of aliphatic hydroxyl groups is 3. The summed E-state index contributed by atoms with van der Waals surface area (Å²) in [4.78, 5) is 0.0594. The van der Waals surface area contributed by atoms with Crippen LogP contribution >= 0.6 is 0 Å². The quantitative estimate of drug-likeness (QED) is 0.223. The first-order chi connectivity index (χ1) is 15.3. The van der Waals surface area contributed by atoms with Gasteiger partial charge in [-0.2, -0.15) is 0 Å². The third-order valence-corrected chi connectivity index (χ3v) is 7.50. The highest BCUT2D eigenvalue weighted by molar-refractivity contribution is 7.89. The molecule has 0 fully saturated rings. The van der Waals surface area contributed by atoms with E-state index in [1.165, 1.54) is 69.9 Å². The lowest BCUT2D eigenvalue weighted by molar-refractivity contribution is -0.0159. The Bertz CT molecular complexity index is 693. The topological polar surface area (TPSA) is 107 Å². The van der Waals surface area contributed by atoms with E-state index in [4.69, 9.17) is 0 Å². The minimum Gasteiger partial charge on any atom is -0.395 e. The number of nitrogens with one attached hydrogen (secondary N) is 1. The average molecular weight is 472 g/mol. The van der Waals surface area contributed by atoms with Gasteiger partial charge >= 0.3 is 0 Å². The molecule has 1 aromatic rings. The van der Waals surface area contributed by atoms with E-state index in [9.17, 15) is 23.7 Å². The first-order valence-electron chi connectivity index (χ1n) is 12.4.